The zero-order valence-corrected chi connectivity index (χ0v) is 11.2. The van der Waals surface area contributed by atoms with E-state index in [9.17, 15) is 9.90 Å². The maximum absolute atomic E-state index is 11.9. The van der Waals surface area contributed by atoms with Crippen molar-refractivity contribution >= 4 is 17.2 Å². The van der Waals surface area contributed by atoms with Gasteiger partial charge in [-0.25, -0.2) is 0 Å². The third-order valence-corrected chi connectivity index (χ3v) is 4.81. The van der Waals surface area contributed by atoms with Crippen molar-refractivity contribution in [3.63, 3.8) is 0 Å². The van der Waals surface area contributed by atoms with E-state index in [4.69, 9.17) is 0 Å². The molecule has 1 fully saturated rings. The van der Waals surface area contributed by atoms with Crippen LogP contribution in [0.25, 0.3) is 0 Å². The second-order valence-electron chi connectivity index (χ2n) is 4.83. The average Bonchev–Trinajstić information content (AvgIpc) is 2.65. The molecule has 0 atom stereocenters. The van der Waals surface area contributed by atoms with Crippen molar-refractivity contribution in [3.05, 3.63) is 21.4 Å². The summed E-state index contributed by atoms with van der Waals surface area (Å²) in [6.07, 6.45) is 3.63. The van der Waals surface area contributed by atoms with Crippen molar-refractivity contribution in [2.45, 2.75) is 45.1 Å². The Morgan fingerprint density at radius 1 is 1.59 bits per heavy atom. The number of aliphatic hydroxyl groups is 1. The van der Waals surface area contributed by atoms with Gasteiger partial charge in [-0.3, -0.25) is 4.79 Å². The summed E-state index contributed by atoms with van der Waals surface area (Å²) in [6.45, 7) is 4.51. The van der Waals surface area contributed by atoms with E-state index in [1.165, 1.54) is 10.4 Å². The van der Waals surface area contributed by atoms with Crippen molar-refractivity contribution in [1.29, 1.82) is 0 Å². The first-order valence-corrected chi connectivity index (χ1v) is 6.95. The highest BCUT2D eigenvalue weighted by Crippen LogP contribution is 2.30. The monoisotopic (exact) mass is 253 g/mol. The van der Waals surface area contributed by atoms with E-state index in [1.807, 2.05) is 13.0 Å². The van der Waals surface area contributed by atoms with Crippen LogP contribution in [0.2, 0.25) is 0 Å². The van der Waals surface area contributed by atoms with Crippen LogP contribution in [0.15, 0.2) is 6.07 Å². The first kappa shape index (κ1) is 12.6. The Morgan fingerprint density at radius 2 is 2.29 bits per heavy atom. The van der Waals surface area contributed by atoms with Crippen LogP contribution >= 0.6 is 11.3 Å². The van der Waals surface area contributed by atoms with E-state index < -0.39 is 5.60 Å². The number of hydrogen-bond acceptors (Lipinski definition) is 3. The molecule has 1 aliphatic carbocycles. The summed E-state index contributed by atoms with van der Waals surface area (Å²) in [6, 6.07) is 1.93. The predicted octanol–water partition coefficient (Wildman–Crippen LogP) is 2.26. The van der Waals surface area contributed by atoms with Gasteiger partial charge in [0.05, 0.1) is 10.5 Å². The predicted molar refractivity (Wildman–Crippen MR) is 69.6 cm³/mol. The molecule has 1 aromatic rings. The smallest absolute Gasteiger partial charge is 0.261 e. The summed E-state index contributed by atoms with van der Waals surface area (Å²) in [5, 5.41) is 12.7. The van der Waals surface area contributed by atoms with E-state index in [-0.39, 0.29) is 5.91 Å². The molecule has 2 N–H and O–H groups in total. The summed E-state index contributed by atoms with van der Waals surface area (Å²) < 4.78 is 0. The van der Waals surface area contributed by atoms with E-state index in [0.717, 1.165) is 30.6 Å². The number of hydrogen-bond donors (Lipinski definition) is 2. The molecule has 1 aromatic heterocycles. The number of amides is 1. The lowest BCUT2D eigenvalue weighted by molar-refractivity contribution is -0.0300. The lowest BCUT2D eigenvalue weighted by Gasteiger charge is -2.36. The molecule has 17 heavy (non-hydrogen) atoms. The number of thiophene rings is 1. The number of carbonyl (C=O) groups excluding carboxylic acids is 1. The zero-order chi connectivity index (χ0) is 12.5. The number of rotatable bonds is 4. The van der Waals surface area contributed by atoms with Crippen molar-refractivity contribution in [2.24, 2.45) is 0 Å². The van der Waals surface area contributed by atoms with Gasteiger partial charge in [0.15, 0.2) is 0 Å². The van der Waals surface area contributed by atoms with Crippen LogP contribution in [0.1, 0.15) is 46.3 Å². The Bertz CT molecular complexity index is 421. The summed E-state index contributed by atoms with van der Waals surface area (Å²) in [5.74, 6) is -0.0573. The van der Waals surface area contributed by atoms with Gasteiger partial charge >= 0.3 is 0 Å². The molecule has 0 aromatic carbocycles. The first-order valence-electron chi connectivity index (χ1n) is 6.14. The Balaban J connectivity index is 1.94. The molecular weight excluding hydrogens is 234 g/mol. The number of nitrogens with one attached hydrogen (secondary N) is 1. The highest BCUT2D eigenvalue weighted by Gasteiger charge is 2.34. The van der Waals surface area contributed by atoms with Gasteiger partial charge in [-0.05, 0) is 44.2 Å². The Labute approximate surface area is 106 Å². The lowest BCUT2D eigenvalue weighted by atomic mass is 9.80. The summed E-state index contributed by atoms with van der Waals surface area (Å²) in [4.78, 5) is 13.9. The Hall–Kier alpha value is -0.870. The Kier molecular flexibility index (Phi) is 3.54. The molecule has 1 aliphatic rings. The SMILES string of the molecule is CCc1sc(C(=O)NCC2(O)CCC2)cc1C. The molecule has 3 nitrogen and oxygen atoms in total. The van der Waals surface area contributed by atoms with E-state index in [0.29, 0.717) is 6.54 Å². The second kappa shape index (κ2) is 4.78. The fourth-order valence-corrected chi connectivity index (χ4v) is 3.11. The topological polar surface area (TPSA) is 49.3 Å². The molecule has 1 saturated carbocycles. The molecule has 0 unspecified atom stereocenters. The highest BCUT2D eigenvalue weighted by molar-refractivity contribution is 7.14. The second-order valence-corrected chi connectivity index (χ2v) is 5.97. The number of aryl methyl sites for hydroxylation is 2. The molecule has 2 rings (SSSR count). The Morgan fingerprint density at radius 3 is 2.76 bits per heavy atom. The third kappa shape index (κ3) is 2.69. The summed E-state index contributed by atoms with van der Waals surface area (Å²) in [5.41, 5.74) is 0.542. The van der Waals surface area contributed by atoms with Crippen LogP contribution < -0.4 is 5.32 Å². The minimum Gasteiger partial charge on any atom is -0.388 e. The van der Waals surface area contributed by atoms with Crippen LogP contribution in [0.4, 0.5) is 0 Å². The van der Waals surface area contributed by atoms with E-state index in [2.05, 4.69) is 12.2 Å². The van der Waals surface area contributed by atoms with Crippen molar-refractivity contribution < 1.29 is 9.90 Å². The van der Waals surface area contributed by atoms with Crippen molar-refractivity contribution in [1.82, 2.24) is 5.32 Å². The maximum atomic E-state index is 11.9. The molecular formula is C13H19NO2S. The normalized spacial score (nSPS) is 17.6. The quantitative estimate of drug-likeness (QED) is 0.864. The van der Waals surface area contributed by atoms with E-state index in [1.54, 1.807) is 11.3 Å². The van der Waals surface area contributed by atoms with Crippen LogP contribution in [-0.4, -0.2) is 23.2 Å². The van der Waals surface area contributed by atoms with Gasteiger partial charge in [0.1, 0.15) is 0 Å². The van der Waals surface area contributed by atoms with Gasteiger partial charge in [0, 0.05) is 11.4 Å². The molecule has 94 valence electrons. The lowest BCUT2D eigenvalue weighted by Crippen LogP contribution is -2.47. The zero-order valence-electron chi connectivity index (χ0n) is 10.4. The molecule has 0 aliphatic heterocycles. The van der Waals surface area contributed by atoms with Crippen molar-refractivity contribution in [2.75, 3.05) is 6.54 Å². The maximum Gasteiger partial charge on any atom is 0.261 e. The first-order chi connectivity index (χ1) is 8.04. The molecule has 4 heteroatoms. The largest absolute Gasteiger partial charge is 0.388 e. The highest BCUT2D eigenvalue weighted by atomic mass is 32.1. The number of carbonyl (C=O) groups is 1. The van der Waals surface area contributed by atoms with Crippen LogP contribution in [0.3, 0.4) is 0 Å². The standard InChI is InChI=1S/C13H19NO2S/c1-3-10-9(2)7-11(17-10)12(15)14-8-13(16)5-4-6-13/h7,16H,3-6,8H2,1-2H3,(H,14,15). The van der Waals surface area contributed by atoms with Gasteiger partial charge < -0.3 is 10.4 Å². The molecule has 1 amide bonds. The molecule has 0 saturated heterocycles. The fourth-order valence-electron chi connectivity index (χ4n) is 2.08. The molecule has 1 heterocycles. The van der Waals surface area contributed by atoms with Gasteiger partial charge in [0.2, 0.25) is 0 Å². The average molecular weight is 253 g/mol. The van der Waals surface area contributed by atoms with Gasteiger partial charge in [-0.1, -0.05) is 6.92 Å². The molecule has 0 bridgehead atoms. The molecule has 0 radical (unpaired) electrons. The van der Waals surface area contributed by atoms with Gasteiger partial charge in [0.25, 0.3) is 5.91 Å². The van der Waals surface area contributed by atoms with Crippen LogP contribution in [-0.2, 0) is 6.42 Å². The van der Waals surface area contributed by atoms with Crippen LogP contribution in [0.5, 0.6) is 0 Å². The fraction of sp³-hybridized carbons (Fsp3) is 0.615. The van der Waals surface area contributed by atoms with Gasteiger partial charge in [-0.2, -0.15) is 0 Å². The van der Waals surface area contributed by atoms with Gasteiger partial charge in [-0.15, -0.1) is 11.3 Å². The molecule has 0 spiro atoms. The van der Waals surface area contributed by atoms with Crippen LogP contribution in [0, 0.1) is 6.92 Å². The minimum absolute atomic E-state index is 0.0573. The van der Waals surface area contributed by atoms with E-state index >= 15 is 0 Å². The summed E-state index contributed by atoms with van der Waals surface area (Å²) >= 11 is 1.55. The third-order valence-electron chi connectivity index (χ3n) is 3.43. The minimum atomic E-state index is -0.643. The van der Waals surface area contributed by atoms with Crippen molar-refractivity contribution in [3.8, 4) is 0 Å². The summed E-state index contributed by atoms with van der Waals surface area (Å²) in [7, 11) is 0.